The summed E-state index contributed by atoms with van der Waals surface area (Å²) in [5.41, 5.74) is 0.595. The molecule has 1 atom stereocenters. The summed E-state index contributed by atoms with van der Waals surface area (Å²) >= 11 is 0. The van der Waals surface area contributed by atoms with Crippen LogP contribution in [0.25, 0.3) is 11.5 Å². The number of aromatic amines is 1. The average molecular weight is 456 g/mol. The second-order valence-electron chi connectivity index (χ2n) is 6.81. The summed E-state index contributed by atoms with van der Waals surface area (Å²) in [6.07, 6.45) is 2.82. The van der Waals surface area contributed by atoms with Crippen LogP contribution in [0.2, 0.25) is 0 Å². The van der Waals surface area contributed by atoms with Crippen LogP contribution in [0.4, 0.5) is 0 Å². The van der Waals surface area contributed by atoms with Gasteiger partial charge in [0.15, 0.2) is 5.82 Å². The van der Waals surface area contributed by atoms with Crippen molar-refractivity contribution in [1.82, 2.24) is 20.3 Å². The van der Waals surface area contributed by atoms with Crippen LogP contribution in [-0.2, 0) is 13.6 Å². The summed E-state index contributed by atoms with van der Waals surface area (Å²) in [4.78, 5) is 35.9. The summed E-state index contributed by atoms with van der Waals surface area (Å²) in [7, 11) is -3.38. The number of aromatic nitrogens is 3. The Kier molecular flexibility index (Phi) is 7.69. The highest BCUT2D eigenvalue weighted by Crippen LogP contribution is 2.46. The van der Waals surface area contributed by atoms with Gasteiger partial charge < -0.3 is 19.3 Å². The molecule has 0 aliphatic rings. The van der Waals surface area contributed by atoms with Gasteiger partial charge in [0.25, 0.3) is 11.5 Å². The van der Waals surface area contributed by atoms with Crippen molar-refractivity contribution in [2.24, 2.45) is 0 Å². The summed E-state index contributed by atoms with van der Waals surface area (Å²) in [6.45, 7) is 5.79. The van der Waals surface area contributed by atoms with Gasteiger partial charge >= 0.3 is 7.60 Å². The summed E-state index contributed by atoms with van der Waals surface area (Å²) < 4.78 is 23.6. The Labute approximate surface area is 185 Å². The van der Waals surface area contributed by atoms with Crippen molar-refractivity contribution in [2.75, 3.05) is 13.2 Å². The van der Waals surface area contributed by atoms with Crippen LogP contribution in [0.1, 0.15) is 42.7 Å². The number of amides is 1. The second kappa shape index (κ2) is 10.5. The summed E-state index contributed by atoms with van der Waals surface area (Å²) in [5.74, 6) is -0.277. The summed E-state index contributed by atoms with van der Waals surface area (Å²) in [6, 6.07) is 11.6. The SMILES string of the molecule is CCOP(=O)(OCC)c1ccc([C@H](C)NC(=O)c2cnc(-c3ccccn3)[nH]c2=O)cc1. The Morgan fingerprint density at radius 2 is 1.78 bits per heavy atom. The van der Waals surface area contributed by atoms with Crippen LogP contribution in [-0.4, -0.2) is 34.1 Å². The minimum atomic E-state index is -3.38. The van der Waals surface area contributed by atoms with Gasteiger partial charge in [-0.15, -0.1) is 0 Å². The molecule has 2 aromatic heterocycles. The molecule has 0 bridgehead atoms. The second-order valence-corrected chi connectivity index (χ2v) is 8.84. The fraction of sp³-hybridized carbons (Fsp3) is 0.273. The molecule has 10 heteroatoms. The lowest BCUT2D eigenvalue weighted by molar-refractivity contribution is 0.0938. The number of carbonyl (C=O) groups excluding carboxylic acids is 1. The number of H-pyrrole nitrogens is 1. The molecule has 0 fully saturated rings. The Bertz CT molecular complexity index is 1150. The van der Waals surface area contributed by atoms with Gasteiger partial charge in [0.2, 0.25) is 0 Å². The molecule has 0 aliphatic heterocycles. The molecule has 9 nitrogen and oxygen atoms in total. The first-order valence-electron chi connectivity index (χ1n) is 10.2. The molecule has 168 valence electrons. The Morgan fingerprint density at radius 1 is 1.09 bits per heavy atom. The average Bonchev–Trinajstić information content (AvgIpc) is 2.80. The molecule has 3 rings (SSSR count). The van der Waals surface area contributed by atoms with Crippen molar-refractivity contribution in [2.45, 2.75) is 26.8 Å². The fourth-order valence-electron chi connectivity index (χ4n) is 3.02. The van der Waals surface area contributed by atoms with E-state index >= 15 is 0 Å². The van der Waals surface area contributed by atoms with Crippen molar-refractivity contribution < 1.29 is 18.4 Å². The number of pyridine rings is 1. The highest BCUT2D eigenvalue weighted by molar-refractivity contribution is 7.62. The van der Waals surface area contributed by atoms with E-state index in [9.17, 15) is 14.2 Å². The van der Waals surface area contributed by atoms with Crippen molar-refractivity contribution in [3.63, 3.8) is 0 Å². The number of rotatable bonds is 9. The van der Waals surface area contributed by atoms with Gasteiger partial charge in [-0.2, -0.15) is 0 Å². The standard InChI is InChI=1S/C22H25N4O5P/c1-4-30-32(29,31-5-2)17-11-9-16(10-12-17)15(3)25-21(27)18-14-24-20(26-22(18)28)19-8-6-7-13-23-19/h6-15H,4-5H2,1-3H3,(H,25,27)(H,24,26,28)/t15-/m0/s1. The first-order chi connectivity index (χ1) is 15.4. The first-order valence-corrected chi connectivity index (χ1v) is 11.7. The smallest absolute Gasteiger partial charge is 0.345 e. The van der Waals surface area contributed by atoms with Crippen molar-refractivity contribution in [3.05, 3.63) is 76.3 Å². The van der Waals surface area contributed by atoms with Crippen molar-refractivity contribution >= 4 is 18.8 Å². The number of nitrogens with zero attached hydrogens (tertiary/aromatic N) is 2. The largest absolute Gasteiger partial charge is 0.361 e. The van der Waals surface area contributed by atoms with E-state index < -0.39 is 25.1 Å². The van der Waals surface area contributed by atoms with Crippen molar-refractivity contribution in [1.29, 1.82) is 0 Å². The lowest BCUT2D eigenvalue weighted by Gasteiger charge is -2.19. The lowest BCUT2D eigenvalue weighted by Crippen LogP contribution is -2.32. The highest BCUT2D eigenvalue weighted by atomic mass is 31.2. The van der Waals surface area contributed by atoms with E-state index in [0.717, 1.165) is 5.56 Å². The quantitative estimate of drug-likeness (QED) is 0.474. The zero-order chi connectivity index (χ0) is 23.1. The van der Waals surface area contributed by atoms with E-state index in [-0.39, 0.29) is 24.6 Å². The number of nitrogens with one attached hydrogen (secondary N) is 2. The summed E-state index contributed by atoms with van der Waals surface area (Å²) in [5, 5.41) is 3.21. The molecule has 0 saturated heterocycles. The monoisotopic (exact) mass is 456 g/mol. The molecule has 0 saturated carbocycles. The van der Waals surface area contributed by atoms with E-state index in [1.54, 1.807) is 69.4 Å². The zero-order valence-corrected chi connectivity index (χ0v) is 19.0. The van der Waals surface area contributed by atoms with Crippen molar-refractivity contribution in [3.8, 4) is 11.5 Å². The Morgan fingerprint density at radius 3 is 2.34 bits per heavy atom. The van der Waals surface area contributed by atoms with Crippen LogP contribution < -0.4 is 16.2 Å². The van der Waals surface area contributed by atoms with Gasteiger partial charge in [-0.25, -0.2) is 4.98 Å². The topological polar surface area (TPSA) is 123 Å². The van der Waals surface area contributed by atoms with Crippen LogP contribution in [0, 0.1) is 0 Å². The van der Waals surface area contributed by atoms with Gasteiger partial charge in [-0.3, -0.25) is 19.1 Å². The molecule has 0 radical (unpaired) electrons. The van der Waals surface area contributed by atoms with Crippen LogP contribution in [0.5, 0.6) is 0 Å². The molecule has 0 unspecified atom stereocenters. The minimum absolute atomic E-state index is 0.106. The van der Waals surface area contributed by atoms with Gasteiger partial charge in [-0.1, -0.05) is 18.2 Å². The molecule has 1 amide bonds. The molecule has 0 aliphatic carbocycles. The normalized spacial score (nSPS) is 12.3. The predicted molar refractivity (Wildman–Crippen MR) is 121 cm³/mol. The number of benzene rings is 1. The maximum Gasteiger partial charge on any atom is 0.361 e. The molecule has 1 aromatic carbocycles. The van der Waals surface area contributed by atoms with Gasteiger partial charge in [0, 0.05) is 12.4 Å². The van der Waals surface area contributed by atoms with E-state index in [2.05, 4.69) is 20.3 Å². The number of hydrogen-bond acceptors (Lipinski definition) is 7. The molecular formula is C22H25N4O5P. The molecule has 3 aromatic rings. The van der Waals surface area contributed by atoms with Gasteiger partial charge in [0.1, 0.15) is 11.3 Å². The molecule has 32 heavy (non-hydrogen) atoms. The lowest BCUT2D eigenvalue weighted by atomic mass is 10.1. The van der Waals surface area contributed by atoms with Crippen LogP contribution in [0.3, 0.4) is 0 Å². The Balaban J connectivity index is 1.73. The van der Waals surface area contributed by atoms with Gasteiger partial charge in [0.05, 0.1) is 24.6 Å². The molecule has 0 spiro atoms. The third-order valence-corrected chi connectivity index (χ3v) is 6.73. The Hall–Kier alpha value is -3.13. The van der Waals surface area contributed by atoms with Crippen LogP contribution in [0.15, 0.2) is 59.7 Å². The highest BCUT2D eigenvalue weighted by Gasteiger charge is 2.26. The number of hydrogen-bond donors (Lipinski definition) is 2. The van der Waals surface area contributed by atoms with Gasteiger partial charge in [-0.05, 0) is 50.6 Å². The third-order valence-electron chi connectivity index (χ3n) is 4.61. The maximum atomic E-state index is 12.9. The van der Waals surface area contributed by atoms with E-state index in [4.69, 9.17) is 9.05 Å². The fourth-order valence-corrected chi connectivity index (χ4v) is 4.59. The first kappa shape index (κ1) is 23.5. The molecule has 2 heterocycles. The van der Waals surface area contributed by atoms with E-state index in [1.807, 2.05) is 0 Å². The number of carbonyl (C=O) groups is 1. The molecular weight excluding hydrogens is 431 g/mol. The van der Waals surface area contributed by atoms with E-state index in [0.29, 0.717) is 11.0 Å². The predicted octanol–water partition coefficient (Wildman–Crippen LogP) is 3.21. The minimum Gasteiger partial charge on any atom is -0.345 e. The third kappa shape index (κ3) is 5.37. The molecule has 2 N–H and O–H groups in total. The van der Waals surface area contributed by atoms with E-state index in [1.165, 1.54) is 6.20 Å². The zero-order valence-electron chi connectivity index (χ0n) is 18.1. The maximum absolute atomic E-state index is 12.9. The van der Waals surface area contributed by atoms with Crippen LogP contribution >= 0.6 is 7.60 Å².